The highest BCUT2D eigenvalue weighted by molar-refractivity contribution is 7.52. The predicted molar refractivity (Wildman–Crippen MR) is 134 cm³/mol. The Kier molecular flexibility index (Phi) is 10.1. The number of benzene rings is 3. The zero-order chi connectivity index (χ0) is 28.7. The minimum Gasteiger partial charge on any atom is -0.480 e. The SMILES string of the molecule is CCC(CC)CN([C@@H](Cc1ccccc1)C(=O)O)[P@](=O)(Oc1ccccc1)Oc1c(F)c(F)c(F)c(F)c1F. The molecule has 1 N–H and O–H groups in total. The molecule has 0 saturated carbocycles. The van der Waals surface area contributed by atoms with Crippen molar-refractivity contribution in [2.45, 2.75) is 39.2 Å². The molecule has 0 unspecified atom stereocenters. The smallest absolute Gasteiger partial charge is 0.480 e. The van der Waals surface area contributed by atoms with Crippen molar-refractivity contribution >= 4 is 13.7 Å². The second-order valence-electron chi connectivity index (χ2n) is 8.71. The van der Waals surface area contributed by atoms with Crippen molar-refractivity contribution in [3.05, 3.63) is 95.3 Å². The molecule has 0 aromatic heterocycles. The van der Waals surface area contributed by atoms with Crippen LogP contribution >= 0.6 is 7.75 Å². The van der Waals surface area contributed by atoms with Crippen molar-refractivity contribution in [2.75, 3.05) is 6.54 Å². The first-order chi connectivity index (χ1) is 18.5. The summed E-state index contributed by atoms with van der Waals surface area (Å²) in [7, 11) is -5.19. The van der Waals surface area contributed by atoms with Crippen molar-refractivity contribution in [3.8, 4) is 11.5 Å². The number of carboxylic acid groups (broad SMARTS) is 1. The van der Waals surface area contributed by atoms with Crippen LogP contribution in [0.1, 0.15) is 32.3 Å². The van der Waals surface area contributed by atoms with Crippen molar-refractivity contribution in [2.24, 2.45) is 5.92 Å². The summed E-state index contributed by atoms with van der Waals surface area (Å²) in [6.45, 7) is 3.34. The Morgan fingerprint density at radius 1 is 0.821 bits per heavy atom. The van der Waals surface area contributed by atoms with Gasteiger partial charge in [-0.05, 0) is 30.0 Å². The third-order valence-electron chi connectivity index (χ3n) is 6.17. The molecule has 3 rings (SSSR count). The van der Waals surface area contributed by atoms with E-state index in [4.69, 9.17) is 9.05 Å². The van der Waals surface area contributed by atoms with Gasteiger partial charge in [-0.3, -0.25) is 4.79 Å². The molecule has 0 spiro atoms. The van der Waals surface area contributed by atoms with E-state index in [-0.39, 0.29) is 24.6 Å². The van der Waals surface area contributed by atoms with Crippen LogP contribution in [0.2, 0.25) is 0 Å². The minimum atomic E-state index is -5.19. The third-order valence-corrected chi connectivity index (χ3v) is 8.10. The first-order valence-electron chi connectivity index (χ1n) is 12.1. The summed E-state index contributed by atoms with van der Waals surface area (Å²) in [6, 6.07) is 13.8. The van der Waals surface area contributed by atoms with Gasteiger partial charge in [0.1, 0.15) is 11.8 Å². The Bertz CT molecular complexity index is 1300. The number of carboxylic acids is 1. The predicted octanol–water partition coefficient (Wildman–Crippen LogP) is 7.38. The second kappa shape index (κ2) is 13.1. The van der Waals surface area contributed by atoms with Crippen LogP contribution in [-0.2, 0) is 15.8 Å². The second-order valence-corrected chi connectivity index (χ2v) is 10.5. The largest absolute Gasteiger partial charge is 0.516 e. The van der Waals surface area contributed by atoms with Crippen LogP contribution in [0.15, 0.2) is 60.7 Å². The molecule has 3 aromatic carbocycles. The standard InChI is InChI=1S/C27H27F5NO5P/c1-3-17(4-2)16-33(20(27(34)35)15-18-11-7-5-8-12-18)39(36,37-19-13-9-6-10-14-19)38-26-24(31)22(29)21(28)23(30)25(26)32/h5-14,17,20H,3-4,15-16H2,1-2H3,(H,34,35)/t20-,39-/m0/s1. The number of hydrogen-bond acceptors (Lipinski definition) is 4. The topological polar surface area (TPSA) is 76.1 Å². The molecule has 0 fully saturated rings. The fraction of sp³-hybridized carbons (Fsp3) is 0.296. The zero-order valence-corrected chi connectivity index (χ0v) is 22.0. The third kappa shape index (κ3) is 6.96. The van der Waals surface area contributed by atoms with Crippen LogP contribution in [0.4, 0.5) is 22.0 Å². The molecule has 0 aliphatic rings. The van der Waals surface area contributed by atoms with E-state index in [0.717, 1.165) is 4.67 Å². The van der Waals surface area contributed by atoms with Gasteiger partial charge in [0.15, 0.2) is 0 Å². The van der Waals surface area contributed by atoms with E-state index in [2.05, 4.69) is 0 Å². The van der Waals surface area contributed by atoms with E-state index < -0.39 is 54.6 Å². The molecule has 0 heterocycles. The van der Waals surface area contributed by atoms with E-state index in [1.807, 2.05) is 0 Å². The summed E-state index contributed by atoms with van der Waals surface area (Å²) in [6.07, 6.45) is 0.732. The Balaban J connectivity index is 2.23. The van der Waals surface area contributed by atoms with E-state index in [1.165, 1.54) is 24.3 Å². The molecule has 0 aliphatic carbocycles. The highest BCUT2D eigenvalue weighted by Crippen LogP contribution is 2.55. The van der Waals surface area contributed by atoms with Gasteiger partial charge in [0.2, 0.25) is 34.8 Å². The van der Waals surface area contributed by atoms with Gasteiger partial charge in [-0.25, -0.2) is 17.7 Å². The average Bonchev–Trinajstić information content (AvgIpc) is 2.94. The molecule has 12 heteroatoms. The van der Waals surface area contributed by atoms with Crippen LogP contribution < -0.4 is 9.05 Å². The molecule has 0 radical (unpaired) electrons. The lowest BCUT2D eigenvalue weighted by molar-refractivity contribution is -0.142. The van der Waals surface area contributed by atoms with Crippen LogP contribution in [0.5, 0.6) is 11.5 Å². The van der Waals surface area contributed by atoms with Crippen LogP contribution in [0.3, 0.4) is 0 Å². The number of aliphatic carboxylic acids is 1. The summed E-state index contributed by atoms with van der Waals surface area (Å²) in [5.74, 6) is -15.6. The average molecular weight is 571 g/mol. The molecule has 210 valence electrons. The van der Waals surface area contributed by atoms with Crippen LogP contribution in [-0.4, -0.2) is 28.3 Å². The fourth-order valence-electron chi connectivity index (χ4n) is 3.89. The summed E-state index contributed by atoms with van der Waals surface area (Å²) in [5.41, 5.74) is 0.516. The van der Waals surface area contributed by atoms with Crippen molar-refractivity contribution < 1.29 is 45.5 Å². The molecular formula is C27H27F5NO5P. The number of halogens is 5. The van der Waals surface area contributed by atoms with E-state index in [1.54, 1.807) is 50.2 Å². The maximum Gasteiger partial charge on any atom is 0.516 e. The van der Waals surface area contributed by atoms with Crippen molar-refractivity contribution in [1.29, 1.82) is 0 Å². The lowest BCUT2D eigenvalue weighted by Gasteiger charge is -2.36. The molecule has 6 nitrogen and oxygen atoms in total. The van der Waals surface area contributed by atoms with E-state index >= 15 is 0 Å². The molecule has 0 amide bonds. The van der Waals surface area contributed by atoms with Gasteiger partial charge in [-0.15, -0.1) is 0 Å². The normalized spacial score (nSPS) is 13.8. The van der Waals surface area contributed by atoms with Gasteiger partial charge >= 0.3 is 13.7 Å². The molecule has 2 atom stereocenters. The van der Waals surface area contributed by atoms with Gasteiger partial charge in [0.25, 0.3) is 0 Å². The quantitative estimate of drug-likeness (QED) is 0.0999. The number of hydrogen-bond donors (Lipinski definition) is 1. The fourth-order valence-corrected chi connectivity index (χ4v) is 5.86. The molecule has 0 saturated heterocycles. The summed E-state index contributed by atoms with van der Waals surface area (Å²) >= 11 is 0. The van der Waals surface area contributed by atoms with Crippen LogP contribution in [0, 0.1) is 35.0 Å². The monoisotopic (exact) mass is 571 g/mol. The Morgan fingerprint density at radius 3 is 1.79 bits per heavy atom. The van der Waals surface area contributed by atoms with Gasteiger partial charge < -0.3 is 14.2 Å². The first kappa shape index (κ1) is 30.1. The first-order valence-corrected chi connectivity index (χ1v) is 13.6. The summed E-state index contributed by atoms with van der Waals surface area (Å²) in [5, 5.41) is 10.2. The van der Waals surface area contributed by atoms with E-state index in [0.29, 0.717) is 18.4 Å². The molecule has 3 aromatic rings. The lowest BCUT2D eigenvalue weighted by atomic mass is 10.0. The molecule has 39 heavy (non-hydrogen) atoms. The molecule has 0 aliphatic heterocycles. The highest BCUT2D eigenvalue weighted by Gasteiger charge is 2.47. The summed E-state index contributed by atoms with van der Waals surface area (Å²) in [4.78, 5) is 12.6. The number of para-hydroxylation sites is 1. The van der Waals surface area contributed by atoms with Gasteiger partial charge in [0.05, 0.1) is 0 Å². The maximum atomic E-state index is 14.7. The number of rotatable bonds is 13. The molecule has 0 bridgehead atoms. The van der Waals surface area contributed by atoms with Gasteiger partial charge in [-0.1, -0.05) is 75.2 Å². The minimum absolute atomic E-state index is 0.150. The highest BCUT2D eigenvalue weighted by atomic mass is 31.2. The Hall–Kier alpha value is -3.43. The zero-order valence-electron chi connectivity index (χ0n) is 21.1. The van der Waals surface area contributed by atoms with Gasteiger partial charge in [-0.2, -0.15) is 13.5 Å². The van der Waals surface area contributed by atoms with E-state index in [9.17, 15) is 36.4 Å². The van der Waals surface area contributed by atoms with Gasteiger partial charge in [0, 0.05) is 6.54 Å². The Labute approximate surface area is 222 Å². The number of nitrogens with zero attached hydrogens (tertiary/aromatic N) is 1. The molecular weight excluding hydrogens is 544 g/mol. The Morgan fingerprint density at radius 2 is 1.31 bits per heavy atom. The lowest BCUT2D eigenvalue weighted by Crippen LogP contribution is -2.45. The maximum absolute atomic E-state index is 14.7. The van der Waals surface area contributed by atoms with Crippen molar-refractivity contribution in [1.82, 2.24) is 4.67 Å². The summed E-state index contributed by atoms with van der Waals surface area (Å²) < 4.78 is 97.1. The van der Waals surface area contributed by atoms with Crippen LogP contribution in [0.25, 0.3) is 0 Å². The van der Waals surface area contributed by atoms with Crippen molar-refractivity contribution in [3.63, 3.8) is 0 Å². The number of carbonyl (C=O) groups is 1.